The summed E-state index contributed by atoms with van der Waals surface area (Å²) < 4.78 is 48.4. The van der Waals surface area contributed by atoms with Crippen LogP contribution in [0.25, 0.3) is 0 Å². The molecule has 3 rings (SSSR count). The van der Waals surface area contributed by atoms with Gasteiger partial charge in [-0.1, -0.05) is 0 Å². The van der Waals surface area contributed by atoms with E-state index in [1.807, 2.05) is 27.2 Å². The summed E-state index contributed by atoms with van der Waals surface area (Å²) in [6.07, 6.45) is 0.583. The molecule has 1 atom stereocenters. The highest BCUT2D eigenvalue weighted by atomic mass is 19.4. The maximum absolute atomic E-state index is 12.6. The number of amides is 1. The number of hydrogen-bond donors (Lipinski definition) is 1. The van der Waals surface area contributed by atoms with Crippen LogP contribution in [0.4, 0.5) is 19.0 Å². The summed E-state index contributed by atoms with van der Waals surface area (Å²) in [5.74, 6) is 0.0602. The van der Waals surface area contributed by atoms with Gasteiger partial charge in [-0.2, -0.15) is 10.2 Å². The lowest BCUT2D eigenvalue weighted by Gasteiger charge is -2.22. The molecule has 0 aliphatic carbocycles. The van der Waals surface area contributed by atoms with E-state index in [4.69, 9.17) is 4.74 Å². The second kappa shape index (κ2) is 8.15. The lowest BCUT2D eigenvalue weighted by molar-refractivity contribution is -0.325. The third kappa shape index (κ3) is 5.57. The molecule has 0 saturated carbocycles. The zero-order valence-electron chi connectivity index (χ0n) is 16.4. The van der Waals surface area contributed by atoms with Gasteiger partial charge in [-0.3, -0.25) is 14.2 Å². The van der Waals surface area contributed by atoms with Crippen molar-refractivity contribution in [3.05, 3.63) is 36.1 Å². The minimum atomic E-state index is -4.70. The summed E-state index contributed by atoms with van der Waals surface area (Å²) in [5.41, 5.74) is 0.553. The third-order valence-corrected chi connectivity index (χ3v) is 4.21. The van der Waals surface area contributed by atoms with Crippen molar-refractivity contribution >= 4 is 11.7 Å². The van der Waals surface area contributed by atoms with E-state index in [1.165, 1.54) is 17.1 Å². The normalized spacial score (nSPS) is 17.7. The summed E-state index contributed by atoms with van der Waals surface area (Å²) in [5, 5.41) is 11.3. The van der Waals surface area contributed by atoms with Gasteiger partial charge in [-0.05, 0) is 33.6 Å². The maximum Gasteiger partial charge on any atom is 0.522 e. The Bertz CT molecular complexity index is 848. The second-order valence-corrected chi connectivity index (χ2v) is 7.62. The van der Waals surface area contributed by atoms with Crippen LogP contribution >= 0.6 is 0 Å². The highest BCUT2D eigenvalue weighted by molar-refractivity contribution is 6.03. The number of halogens is 3. The van der Waals surface area contributed by atoms with E-state index < -0.39 is 18.9 Å². The fraction of sp³-hybridized carbons (Fsp3) is 0.556. The molecule has 159 valence electrons. The van der Waals surface area contributed by atoms with Crippen LogP contribution in [0, 0.1) is 6.42 Å². The number of aromatic nitrogens is 4. The Morgan fingerprint density at radius 1 is 1.38 bits per heavy atom. The quantitative estimate of drug-likeness (QED) is 0.784. The van der Waals surface area contributed by atoms with Crippen LogP contribution < -0.4 is 5.32 Å². The molecule has 11 heteroatoms. The molecular formula is C18H23F3N5O3. The van der Waals surface area contributed by atoms with Crippen molar-refractivity contribution in [3.8, 4) is 0 Å². The Hall–Kier alpha value is -2.40. The predicted octanol–water partition coefficient (Wildman–Crippen LogP) is 3.29. The molecule has 1 aliphatic rings. The van der Waals surface area contributed by atoms with E-state index in [-0.39, 0.29) is 23.8 Å². The molecule has 1 fully saturated rings. The molecule has 2 aromatic rings. The largest absolute Gasteiger partial charge is 0.522 e. The van der Waals surface area contributed by atoms with E-state index in [0.29, 0.717) is 12.4 Å². The van der Waals surface area contributed by atoms with Crippen LogP contribution in [0.3, 0.4) is 0 Å². The zero-order chi connectivity index (χ0) is 21.2. The summed E-state index contributed by atoms with van der Waals surface area (Å²) in [6, 6.07) is 1.77. The van der Waals surface area contributed by atoms with Gasteiger partial charge in [0.2, 0.25) is 0 Å². The monoisotopic (exact) mass is 414 g/mol. The van der Waals surface area contributed by atoms with Gasteiger partial charge in [0.25, 0.3) is 5.91 Å². The SMILES string of the molecule is CC(C)(C)n1nc([C@H]2C[CH]CO2)cc1NC(=O)c1cnn(CCOC(F)(F)F)c1. The minimum Gasteiger partial charge on any atom is -0.372 e. The number of hydrogen-bond acceptors (Lipinski definition) is 5. The van der Waals surface area contributed by atoms with Gasteiger partial charge in [-0.15, -0.1) is 13.2 Å². The van der Waals surface area contributed by atoms with Gasteiger partial charge in [0.1, 0.15) is 11.9 Å². The second-order valence-electron chi connectivity index (χ2n) is 7.62. The molecule has 0 bridgehead atoms. The average Bonchev–Trinajstić information content (AvgIpc) is 3.33. The number of nitrogens with one attached hydrogen (secondary N) is 1. The Balaban J connectivity index is 1.70. The van der Waals surface area contributed by atoms with E-state index in [0.717, 1.165) is 12.1 Å². The molecule has 1 N–H and O–H groups in total. The molecule has 3 heterocycles. The van der Waals surface area contributed by atoms with E-state index >= 15 is 0 Å². The molecule has 2 aromatic heterocycles. The Morgan fingerprint density at radius 3 is 2.76 bits per heavy atom. The molecule has 0 unspecified atom stereocenters. The number of rotatable bonds is 6. The summed E-state index contributed by atoms with van der Waals surface area (Å²) in [7, 11) is 0. The number of carbonyl (C=O) groups is 1. The standard InChI is InChI=1S/C18H23F3N5O3/c1-17(2,3)26-15(9-13(24-26)14-5-4-7-28-14)23-16(27)12-10-22-25(11-12)6-8-29-18(19,20)21/h4,9-11,14H,5-8H2,1-3H3,(H,23,27)/t14-/m1/s1. The van der Waals surface area contributed by atoms with Crippen LogP contribution in [0.5, 0.6) is 0 Å². The van der Waals surface area contributed by atoms with Crippen molar-refractivity contribution in [2.75, 3.05) is 18.5 Å². The third-order valence-electron chi connectivity index (χ3n) is 4.21. The summed E-state index contributed by atoms with van der Waals surface area (Å²) in [6.45, 7) is 5.71. The Labute approximate surface area is 166 Å². The Kier molecular flexibility index (Phi) is 5.99. The van der Waals surface area contributed by atoms with Crippen molar-refractivity contribution in [2.45, 2.75) is 51.7 Å². The van der Waals surface area contributed by atoms with Crippen molar-refractivity contribution in [1.29, 1.82) is 0 Å². The fourth-order valence-corrected chi connectivity index (χ4v) is 2.88. The molecule has 1 saturated heterocycles. The first kappa shape index (κ1) is 21.3. The molecule has 1 aliphatic heterocycles. The van der Waals surface area contributed by atoms with Crippen LogP contribution in [0.15, 0.2) is 18.5 Å². The van der Waals surface area contributed by atoms with Gasteiger partial charge in [-0.25, -0.2) is 4.68 Å². The molecule has 1 amide bonds. The molecule has 0 spiro atoms. The van der Waals surface area contributed by atoms with Crippen LogP contribution in [-0.4, -0.2) is 45.0 Å². The first-order valence-corrected chi connectivity index (χ1v) is 9.11. The molecule has 29 heavy (non-hydrogen) atoms. The highest BCUT2D eigenvalue weighted by Gasteiger charge is 2.29. The number of alkyl halides is 3. The lowest BCUT2D eigenvalue weighted by atomic mass is 10.1. The fourth-order valence-electron chi connectivity index (χ4n) is 2.88. The summed E-state index contributed by atoms with van der Waals surface area (Å²) >= 11 is 0. The topological polar surface area (TPSA) is 83.2 Å². The Morgan fingerprint density at radius 2 is 2.14 bits per heavy atom. The van der Waals surface area contributed by atoms with Gasteiger partial charge in [0.15, 0.2) is 0 Å². The smallest absolute Gasteiger partial charge is 0.372 e. The van der Waals surface area contributed by atoms with Crippen molar-refractivity contribution in [1.82, 2.24) is 19.6 Å². The van der Waals surface area contributed by atoms with E-state index in [9.17, 15) is 18.0 Å². The van der Waals surface area contributed by atoms with Crippen LogP contribution in [0.1, 0.15) is 49.3 Å². The van der Waals surface area contributed by atoms with Gasteiger partial charge in [0, 0.05) is 12.3 Å². The van der Waals surface area contributed by atoms with E-state index in [1.54, 1.807) is 10.7 Å². The van der Waals surface area contributed by atoms with Gasteiger partial charge < -0.3 is 10.1 Å². The summed E-state index contributed by atoms with van der Waals surface area (Å²) in [4.78, 5) is 12.6. The lowest BCUT2D eigenvalue weighted by Crippen LogP contribution is -2.27. The zero-order valence-corrected chi connectivity index (χ0v) is 16.4. The molecule has 1 radical (unpaired) electrons. The van der Waals surface area contributed by atoms with Crippen LogP contribution in [0.2, 0.25) is 0 Å². The predicted molar refractivity (Wildman–Crippen MR) is 97.0 cm³/mol. The average molecular weight is 414 g/mol. The minimum absolute atomic E-state index is 0.133. The van der Waals surface area contributed by atoms with Crippen molar-refractivity contribution in [2.24, 2.45) is 0 Å². The molecular weight excluding hydrogens is 391 g/mol. The number of nitrogens with zero attached hydrogens (tertiary/aromatic N) is 4. The van der Waals surface area contributed by atoms with E-state index in [2.05, 4.69) is 20.3 Å². The van der Waals surface area contributed by atoms with Gasteiger partial charge in [0.05, 0.1) is 42.8 Å². The molecule has 0 aromatic carbocycles. The van der Waals surface area contributed by atoms with Crippen molar-refractivity contribution in [3.63, 3.8) is 0 Å². The number of ether oxygens (including phenoxy) is 2. The van der Waals surface area contributed by atoms with Gasteiger partial charge >= 0.3 is 6.36 Å². The highest BCUT2D eigenvalue weighted by Crippen LogP contribution is 2.31. The first-order valence-electron chi connectivity index (χ1n) is 9.11. The first-order chi connectivity index (χ1) is 13.5. The van der Waals surface area contributed by atoms with Crippen molar-refractivity contribution < 1.29 is 27.4 Å². The number of anilines is 1. The number of carbonyl (C=O) groups excluding carboxylic acids is 1. The van der Waals surface area contributed by atoms with Crippen LogP contribution in [-0.2, 0) is 21.6 Å². The molecule has 8 nitrogen and oxygen atoms in total. The maximum atomic E-state index is 12.6.